The number of nitrogens with two attached hydrogens (primary N) is 1. The molecule has 2 fully saturated rings. The Morgan fingerprint density at radius 1 is 1.17 bits per heavy atom. The van der Waals surface area contributed by atoms with Crippen LogP contribution in [0.15, 0.2) is 6.07 Å². The zero-order chi connectivity index (χ0) is 31.6. The van der Waals surface area contributed by atoms with Gasteiger partial charge in [-0.3, -0.25) is 33.7 Å². The number of hydrogen-bond donors (Lipinski definition) is 5. The molecule has 0 aliphatic heterocycles. The number of hydrogen-bond acceptors (Lipinski definition) is 10. The number of benzene rings is 1. The summed E-state index contributed by atoms with van der Waals surface area (Å²) in [5.74, 6) is -14.9. The standard InChI is InChI=1S/C29H37FN4O8/c1-7-11-12-8-13-21(34(5)6)24(38)20(27(31)41)26(40)29(13,42)25(39)18(12)23(37)19-17(11)14(30)9-15(22(19)36)33-16(35)10-32-28(2,3)4/h9,11-13,18,20-21,32,36,42H,7-8,10H2,1-6H3,(H2,31,41)(H,33,35)/t11-,12-,13+,18?,20?,21+,29+/m1/s1. The number of Topliss-reactive ketones (excluding diaryl/α,β-unsaturated/α-hetero) is 4. The lowest BCUT2D eigenvalue weighted by molar-refractivity contribution is -0.182. The van der Waals surface area contributed by atoms with Gasteiger partial charge in [0.05, 0.1) is 29.8 Å². The fraction of sp³-hybridized carbons (Fsp3) is 0.586. The molecule has 3 aliphatic rings. The molecule has 2 saturated carbocycles. The second-order valence-corrected chi connectivity index (χ2v) is 12.7. The number of halogens is 1. The van der Waals surface area contributed by atoms with Crippen LogP contribution in [0.4, 0.5) is 10.1 Å². The van der Waals surface area contributed by atoms with Gasteiger partial charge in [-0.1, -0.05) is 6.92 Å². The topological polar surface area (TPSA) is 196 Å². The van der Waals surface area contributed by atoms with E-state index in [2.05, 4.69) is 10.6 Å². The highest BCUT2D eigenvalue weighted by molar-refractivity contribution is 6.32. The number of phenols is 1. The van der Waals surface area contributed by atoms with Crippen molar-refractivity contribution in [2.75, 3.05) is 26.0 Å². The maximum atomic E-state index is 15.7. The van der Waals surface area contributed by atoms with Crippen LogP contribution in [0.2, 0.25) is 0 Å². The van der Waals surface area contributed by atoms with Gasteiger partial charge in [0.1, 0.15) is 11.6 Å². The number of ketones is 4. The molecule has 12 nitrogen and oxygen atoms in total. The molecule has 0 heterocycles. The Morgan fingerprint density at radius 2 is 1.79 bits per heavy atom. The largest absolute Gasteiger partial charge is 0.505 e. The molecule has 1 aromatic carbocycles. The lowest BCUT2D eigenvalue weighted by Gasteiger charge is -2.54. The molecular formula is C29H37FN4O8. The second kappa shape index (κ2) is 10.6. The molecular weight excluding hydrogens is 551 g/mol. The molecule has 2 amide bonds. The lowest BCUT2D eigenvalue weighted by Crippen LogP contribution is -2.74. The number of fused-ring (bicyclic) bond motifs is 3. The zero-order valence-electron chi connectivity index (χ0n) is 24.4. The number of nitrogens with zero attached hydrogens (tertiary/aromatic N) is 1. The molecule has 13 heteroatoms. The number of aliphatic hydroxyl groups is 1. The van der Waals surface area contributed by atoms with E-state index in [9.17, 15) is 39.0 Å². The minimum absolute atomic E-state index is 0.143. The van der Waals surface area contributed by atoms with Gasteiger partial charge in [0, 0.05) is 23.1 Å². The van der Waals surface area contributed by atoms with Crippen LogP contribution in [0.3, 0.4) is 0 Å². The SMILES string of the molecule is CC[C@H]1c2c(F)cc(NC(=O)CNC(C)(C)C)c(O)c2C(=O)C2C(=O)[C@]3(O)C(=O)C(C(N)=O)C(=O)[C@@H](N(C)C)[C@@H]3C[C@@H]21. The molecule has 4 rings (SSSR count). The molecule has 0 bridgehead atoms. The number of rotatable bonds is 6. The van der Waals surface area contributed by atoms with Gasteiger partial charge >= 0.3 is 0 Å². The number of amides is 2. The molecule has 0 radical (unpaired) electrons. The van der Waals surface area contributed by atoms with Crippen molar-refractivity contribution in [2.24, 2.45) is 29.4 Å². The first-order valence-electron chi connectivity index (χ1n) is 13.8. The van der Waals surface area contributed by atoms with E-state index in [1.165, 1.54) is 19.0 Å². The quantitative estimate of drug-likeness (QED) is 0.227. The third kappa shape index (κ3) is 4.73. The van der Waals surface area contributed by atoms with E-state index >= 15 is 4.39 Å². The summed E-state index contributed by atoms with van der Waals surface area (Å²) in [5.41, 5.74) is 0.982. The van der Waals surface area contributed by atoms with Crippen LogP contribution in [0.1, 0.15) is 62.4 Å². The van der Waals surface area contributed by atoms with Gasteiger partial charge in [0.2, 0.25) is 11.8 Å². The number of aromatic hydroxyl groups is 1. The van der Waals surface area contributed by atoms with Gasteiger partial charge in [-0.15, -0.1) is 0 Å². The van der Waals surface area contributed by atoms with Crippen LogP contribution in [0.5, 0.6) is 5.75 Å². The van der Waals surface area contributed by atoms with Crippen LogP contribution < -0.4 is 16.4 Å². The number of phenolic OH excluding ortho intramolecular Hbond substituents is 1. The average Bonchev–Trinajstić information content (AvgIpc) is 2.87. The Morgan fingerprint density at radius 3 is 2.31 bits per heavy atom. The van der Waals surface area contributed by atoms with E-state index in [1.54, 1.807) is 6.92 Å². The zero-order valence-corrected chi connectivity index (χ0v) is 24.4. The van der Waals surface area contributed by atoms with Crippen LogP contribution in [-0.2, 0) is 24.0 Å². The minimum atomic E-state index is -2.90. The van der Waals surface area contributed by atoms with Crippen molar-refractivity contribution in [3.05, 3.63) is 23.0 Å². The molecule has 42 heavy (non-hydrogen) atoms. The summed E-state index contributed by atoms with van der Waals surface area (Å²) in [7, 11) is 2.97. The first-order valence-corrected chi connectivity index (χ1v) is 13.8. The first kappa shape index (κ1) is 31.4. The van der Waals surface area contributed by atoms with Crippen molar-refractivity contribution in [1.29, 1.82) is 0 Å². The fourth-order valence-corrected chi connectivity index (χ4v) is 6.97. The van der Waals surface area contributed by atoms with Crippen molar-refractivity contribution < 1.29 is 43.4 Å². The Kier molecular flexibility index (Phi) is 7.94. The summed E-state index contributed by atoms with van der Waals surface area (Å²) >= 11 is 0. The van der Waals surface area contributed by atoms with Gasteiger partial charge in [-0.2, -0.15) is 0 Å². The lowest BCUT2D eigenvalue weighted by atomic mass is 9.50. The summed E-state index contributed by atoms with van der Waals surface area (Å²) in [4.78, 5) is 80.7. The van der Waals surface area contributed by atoms with E-state index in [1.807, 2.05) is 20.8 Å². The average molecular weight is 589 g/mol. The molecule has 0 saturated heterocycles. The Bertz CT molecular complexity index is 1400. The highest BCUT2D eigenvalue weighted by atomic mass is 19.1. The number of carbonyl (C=O) groups is 6. The van der Waals surface area contributed by atoms with Gasteiger partial charge in [-0.25, -0.2) is 4.39 Å². The van der Waals surface area contributed by atoms with Crippen LogP contribution in [0, 0.1) is 29.5 Å². The molecule has 7 atom stereocenters. The highest BCUT2D eigenvalue weighted by Gasteiger charge is 2.70. The molecule has 0 aromatic heterocycles. The number of primary amides is 1. The number of likely N-dealkylation sites (N-methyl/N-ethyl adjacent to an activating group) is 1. The molecule has 3 aliphatic carbocycles. The first-order chi connectivity index (χ1) is 19.4. The number of nitrogens with one attached hydrogen (secondary N) is 2. The smallest absolute Gasteiger partial charge is 0.238 e. The predicted octanol–water partition coefficient (Wildman–Crippen LogP) is 0.284. The van der Waals surface area contributed by atoms with E-state index in [4.69, 9.17) is 5.73 Å². The third-order valence-corrected chi connectivity index (χ3v) is 8.78. The molecule has 6 N–H and O–H groups in total. The summed E-state index contributed by atoms with van der Waals surface area (Å²) in [6, 6.07) is -0.351. The van der Waals surface area contributed by atoms with E-state index < -0.39 is 98.8 Å². The normalized spacial score (nSPS) is 31.0. The fourth-order valence-electron chi connectivity index (χ4n) is 6.97. The maximum absolute atomic E-state index is 15.7. The Labute approximate surface area is 242 Å². The van der Waals surface area contributed by atoms with E-state index in [0.29, 0.717) is 0 Å². The molecule has 1 aromatic rings. The summed E-state index contributed by atoms with van der Waals surface area (Å²) in [6.07, 6.45) is 0.00937. The molecule has 2 unspecified atom stereocenters. The molecule has 228 valence electrons. The van der Waals surface area contributed by atoms with E-state index in [-0.39, 0.29) is 30.6 Å². The second-order valence-electron chi connectivity index (χ2n) is 12.7. The Hall–Kier alpha value is -3.55. The van der Waals surface area contributed by atoms with Gasteiger partial charge in [0.15, 0.2) is 34.7 Å². The predicted molar refractivity (Wildman–Crippen MR) is 147 cm³/mol. The Balaban J connectivity index is 1.83. The van der Waals surface area contributed by atoms with Crippen molar-refractivity contribution in [2.45, 2.75) is 63.6 Å². The summed E-state index contributed by atoms with van der Waals surface area (Å²) in [5, 5.41) is 28.2. The molecule has 0 spiro atoms. The van der Waals surface area contributed by atoms with Gasteiger partial charge < -0.3 is 26.6 Å². The van der Waals surface area contributed by atoms with Crippen molar-refractivity contribution in [3.8, 4) is 5.75 Å². The third-order valence-electron chi connectivity index (χ3n) is 8.78. The number of anilines is 1. The van der Waals surface area contributed by atoms with E-state index in [0.717, 1.165) is 6.07 Å². The van der Waals surface area contributed by atoms with Gasteiger partial charge in [0.25, 0.3) is 0 Å². The van der Waals surface area contributed by atoms with Crippen LogP contribution in [-0.4, -0.2) is 87.9 Å². The monoisotopic (exact) mass is 588 g/mol. The van der Waals surface area contributed by atoms with Gasteiger partial charge in [-0.05, 0) is 59.5 Å². The number of carbonyl (C=O) groups excluding carboxylic acids is 6. The van der Waals surface area contributed by atoms with Crippen molar-refractivity contribution in [3.63, 3.8) is 0 Å². The minimum Gasteiger partial charge on any atom is -0.505 e. The van der Waals surface area contributed by atoms with Crippen LogP contribution >= 0.6 is 0 Å². The maximum Gasteiger partial charge on any atom is 0.238 e. The van der Waals surface area contributed by atoms with Crippen LogP contribution in [0.25, 0.3) is 0 Å². The highest BCUT2D eigenvalue weighted by Crippen LogP contribution is 2.56. The van der Waals surface area contributed by atoms with Crippen molar-refractivity contribution in [1.82, 2.24) is 10.2 Å². The van der Waals surface area contributed by atoms with Crippen molar-refractivity contribution >= 4 is 40.6 Å². The summed E-state index contributed by atoms with van der Waals surface area (Å²) in [6.45, 7) is 7.00. The summed E-state index contributed by atoms with van der Waals surface area (Å²) < 4.78 is 15.7.